The van der Waals surface area contributed by atoms with Crippen LogP contribution in [0, 0.1) is 17.1 Å². The number of aliphatic hydroxyl groups excluding tert-OH is 2. The largest absolute Gasteiger partial charge is 0.489 e. The lowest BCUT2D eigenvalue weighted by molar-refractivity contribution is -0.116. The van der Waals surface area contributed by atoms with E-state index in [2.05, 4.69) is 21.7 Å². The number of ether oxygens (including phenoxy) is 2. The molecule has 4 aromatic rings. The Balaban J connectivity index is 1.43. The maximum Gasteiger partial charge on any atom is 0.225 e. The summed E-state index contributed by atoms with van der Waals surface area (Å²) < 4.78 is 25.1. The second-order valence-electron chi connectivity index (χ2n) is 9.94. The van der Waals surface area contributed by atoms with Gasteiger partial charge in [0, 0.05) is 40.8 Å². The van der Waals surface area contributed by atoms with Crippen molar-refractivity contribution in [1.29, 1.82) is 5.26 Å². The van der Waals surface area contributed by atoms with Crippen LogP contribution in [-0.4, -0.2) is 51.4 Å². The quantitative estimate of drug-likeness (QED) is 0.126. The molecule has 5 rings (SSSR count). The van der Waals surface area contributed by atoms with Gasteiger partial charge in [0.05, 0.1) is 34.1 Å². The minimum atomic E-state index is -1.11. The molecule has 228 valence electrons. The summed E-state index contributed by atoms with van der Waals surface area (Å²) in [6, 6.07) is 16.6. The predicted molar refractivity (Wildman–Crippen MR) is 172 cm³/mol. The Morgan fingerprint density at radius 2 is 2.07 bits per heavy atom. The van der Waals surface area contributed by atoms with Gasteiger partial charge in [-0.25, -0.2) is 4.39 Å². The number of nitrogens with zero attached hydrogens (tertiary/aromatic N) is 2. The molecule has 13 heteroatoms. The molecule has 44 heavy (non-hydrogen) atoms. The second-order valence-corrected chi connectivity index (χ2v) is 13.1. The number of carbonyl (C=O) groups is 1. The van der Waals surface area contributed by atoms with E-state index in [1.165, 1.54) is 18.3 Å². The molecule has 0 radical (unpaired) electrons. The smallest absolute Gasteiger partial charge is 0.225 e. The van der Waals surface area contributed by atoms with Gasteiger partial charge in [-0.05, 0) is 48.4 Å². The molecule has 1 saturated heterocycles. The van der Waals surface area contributed by atoms with Crippen molar-refractivity contribution >= 4 is 67.1 Å². The van der Waals surface area contributed by atoms with Gasteiger partial charge in [0.25, 0.3) is 0 Å². The number of halogens is 2. The molecule has 0 bridgehead atoms. The highest BCUT2D eigenvalue weighted by Crippen LogP contribution is 2.40. The first-order valence-corrected chi connectivity index (χ1v) is 16.4. The number of aromatic nitrogens is 1. The topological polar surface area (TPSA) is 137 Å². The molecule has 0 spiro atoms. The van der Waals surface area contributed by atoms with E-state index in [4.69, 9.17) is 21.1 Å². The summed E-state index contributed by atoms with van der Waals surface area (Å²) in [4.78, 5) is 17.4. The lowest BCUT2D eigenvalue weighted by Crippen LogP contribution is -2.22. The molecule has 0 aliphatic carbocycles. The average Bonchev–Trinajstić information content (AvgIpc) is 3.52. The third-order valence-corrected chi connectivity index (χ3v) is 9.86. The summed E-state index contributed by atoms with van der Waals surface area (Å²) in [6.45, 7) is -0.557. The number of anilines is 3. The van der Waals surface area contributed by atoms with E-state index in [1.54, 1.807) is 64.1 Å². The minimum absolute atomic E-state index is 0.129. The van der Waals surface area contributed by atoms with Crippen molar-refractivity contribution in [2.75, 3.05) is 29.6 Å². The van der Waals surface area contributed by atoms with Gasteiger partial charge in [-0.15, -0.1) is 0 Å². The summed E-state index contributed by atoms with van der Waals surface area (Å²) in [5, 5.41) is 36.2. The highest BCUT2D eigenvalue weighted by Gasteiger charge is 2.22. The number of carbonyl (C=O) groups excluding carboxylic acids is 1. The Kier molecular flexibility index (Phi) is 10.7. The van der Waals surface area contributed by atoms with Crippen LogP contribution in [-0.2, 0) is 11.4 Å². The van der Waals surface area contributed by atoms with Gasteiger partial charge in [-0.3, -0.25) is 9.78 Å². The fraction of sp³-hybridized carbons (Fsp3) is 0.258. The van der Waals surface area contributed by atoms with Gasteiger partial charge in [-0.2, -0.15) is 5.26 Å². The Bertz CT molecular complexity index is 1700. The van der Waals surface area contributed by atoms with Gasteiger partial charge in [0.2, 0.25) is 5.91 Å². The first kappa shape index (κ1) is 31.7. The molecular weight excluding hydrogens is 627 g/mol. The number of hydrogen-bond acceptors (Lipinski definition) is 10. The van der Waals surface area contributed by atoms with Gasteiger partial charge < -0.3 is 30.3 Å². The molecule has 1 amide bonds. The first-order valence-electron chi connectivity index (χ1n) is 13.6. The van der Waals surface area contributed by atoms with E-state index < -0.39 is 12.7 Å². The number of aliphatic hydroxyl groups is 2. The number of nitriles is 1. The Hall–Kier alpha value is -3.73. The van der Waals surface area contributed by atoms with Gasteiger partial charge >= 0.3 is 0 Å². The fourth-order valence-electron chi connectivity index (χ4n) is 4.44. The Labute approximate surface area is 266 Å². The molecule has 1 aliphatic rings. The first-order chi connectivity index (χ1) is 21.3. The van der Waals surface area contributed by atoms with Crippen molar-refractivity contribution in [3.8, 4) is 17.6 Å². The summed E-state index contributed by atoms with van der Waals surface area (Å²) >= 11 is 6.51. The van der Waals surface area contributed by atoms with Gasteiger partial charge in [0.1, 0.15) is 42.7 Å². The van der Waals surface area contributed by atoms with Crippen molar-refractivity contribution in [3.05, 3.63) is 82.8 Å². The monoisotopic (exact) mass is 654 g/mol. The zero-order valence-electron chi connectivity index (χ0n) is 23.3. The van der Waals surface area contributed by atoms with Crippen LogP contribution in [0.3, 0.4) is 0 Å². The van der Waals surface area contributed by atoms with Crippen molar-refractivity contribution < 1.29 is 28.9 Å². The normalized spacial score (nSPS) is 15.0. The summed E-state index contributed by atoms with van der Waals surface area (Å²) in [5.74, 6) is 1.10. The van der Waals surface area contributed by atoms with E-state index in [0.717, 1.165) is 12.2 Å². The molecule has 1 aliphatic heterocycles. The van der Waals surface area contributed by atoms with Crippen LogP contribution in [0.2, 0.25) is 5.02 Å². The molecular formula is C31H28ClFN4O5S2. The summed E-state index contributed by atoms with van der Waals surface area (Å²) in [6.07, 6.45) is 1.57. The van der Waals surface area contributed by atoms with Crippen molar-refractivity contribution in [2.45, 2.75) is 30.8 Å². The number of rotatable bonds is 12. The molecule has 1 aromatic heterocycles. The van der Waals surface area contributed by atoms with Crippen LogP contribution in [0.1, 0.15) is 24.0 Å². The zero-order valence-corrected chi connectivity index (χ0v) is 25.6. The zero-order chi connectivity index (χ0) is 31.1. The van der Waals surface area contributed by atoms with E-state index >= 15 is 0 Å². The van der Waals surface area contributed by atoms with E-state index in [-0.39, 0.29) is 41.5 Å². The van der Waals surface area contributed by atoms with Gasteiger partial charge in [-0.1, -0.05) is 45.3 Å². The SMILES string of the molecule is N#Cc1cnc2cc(OCC(O)CO)c(NC(=O)CC3CCSS3)cc2c1Nc1ccc(OCc2cccc(F)c2)c(Cl)c1. The standard InChI is InChI=1S/C31H28ClFN4O5S2/c32-25-9-21(4-5-28(25)41-16-18-2-1-3-20(33)8-18)36-31-19(13-34)14-35-26-12-29(42-17-22(39)15-38)27(11-24(26)31)37-30(40)10-23-6-7-43-44-23/h1-5,8-9,11-12,14,22-23,38-39H,6-7,10,15-17H2,(H,35,36)(H,37,40). The van der Waals surface area contributed by atoms with Crippen LogP contribution in [0.4, 0.5) is 21.5 Å². The number of benzene rings is 3. The van der Waals surface area contributed by atoms with E-state index in [0.29, 0.717) is 50.7 Å². The second kappa shape index (κ2) is 14.8. The highest BCUT2D eigenvalue weighted by molar-refractivity contribution is 8.77. The molecule has 9 nitrogen and oxygen atoms in total. The van der Waals surface area contributed by atoms with Gasteiger partial charge in [0.15, 0.2) is 0 Å². The third kappa shape index (κ3) is 8.05. The van der Waals surface area contributed by atoms with E-state index in [1.807, 2.05) is 0 Å². The number of fused-ring (bicyclic) bond motifs is 1. The number of pyridine rings is 1. The van der Waals surface area contributed by atoms with Crippen molar-refractivity contribution in [1.82, 2.24) is 4.98 Å². The fourth-order valence-corrected chi connectivity index (χ4v) is 7.57. The molecule has 2 unspecified atom stereocenters. The highest BCUT2D eigenvalue weighted by atomic mass is 35.5. The molecule has 3 aromatic carbocycles. The maximum atomic E-state index is 13.5. The molecule has 1 fully saturated rings. The molecule has 2 atom stereocenters. The number of hydrogen-bond donors (Lipinski definition) is 4. The third-order valence-electron chi connectivity index (χ3n) is 6.63. The molecule has 4 N–H and O–H groups in total. The molecule has 2 heterocycles. The number of amides is 1. The number of nitrogens with one attached hydrogen (secondary N) is 2. The lowest BCUT2D eigenvalue weighted by Gasteiger charge is -2.18. The lowest BCUT2D eigenvalue weighted by atomic mass is 10.1. The predicted octanol–water partition coefficient (Wildman–Crippen LogP) is 6.44. The van der Waals surface area contributed by atoms with E-state index in [9.17, 15) is 24.7 Å². The molecule has 0 saturated carbocycles. The van der Waals surface area contributed by atoms with Crippen molar-refractivity contribution in [3.63, 3.8) is 0 Å². The van der Waals surface area contributed by atoms with Crippen LogP contribution in [0.5, 0.6) is 11.5 Å². The summed E-state index contributed by atoms with van der Waals surface area (Å²) in [7, 11) is 3.43. The van der Waals surface area contributed by atoms with Crippen LogP contribution < -0.4 is 20.1 Å². The van der Waals surface area contributed by atoms with Crippen molar-refractivity contribution in [2.24, 2.45) is 0 Å². The van der Waals surface area contributed by atoms with Crippen LogP contribution >= 0.6 is 33.2 Å². The Morgan fingerprint density at radius 3 is 2.80 bits per heavy atom. The van der Waals surface area contributed by atoms with Crippen LogP contribution in [0.25, 0.3) is 10.9 Å². The maximum absolute atomic E-state index is 13.5. The van der Waals surface area contributed by atoms with Crippen LogP contribution in [0.15, 0.2) is 60.8 Å². The minimum Gasteiger partial charge on any atom is -0.489 e. The summed E-state index contributed by atoms with van der Waals surface area (Å²) in [5.41, 5.74) is 2.69. The average molecular weight is 655 g/mol. The Morgan fingerprint density at radius 1 is 1.20 bits per heavy atom.